The molecule has 0 N–H and O–H groups in total. The van der Waals surface area contributed by atoms with Crippen molar-refractivity contribution in [3.8, 4) is 0 Å². The topological polar surface area (TPSA) is 81.5 Å². The quantitative estimate of drug-likeness (QED) is 0.563. The molecule has 4 rings (SSSR count). The molecule has 7 nitrogen and oxygen atoms in total. The minimum atomic E-state index is -3.00. The average molecular weight is 422 g/mol. The summed E-state index contributed by atoms with van der Waals surface area (Å²) in [6.07, 6.45) is 1.36. The zero-order chi connectivity index (χ0) is 19.9. The molecular weight excluding hydrogens is 398 g/mol. The lowest BCUT2D eigenvalue weighted by atomic mass is 10.1. The predicted octanol–water partition coefficient (Wildman–Crippen LogP) is 3.51. The van der Waals surface area contributed by atoms with E-state index < -0.39 is 9.84 Å². The smallest absolute Gasteiger partial charge is 0.288 e. The first-order chi connectivity index (χ1) is 13.4. The van der Waals surface area contributed by atoms with Crippen LogP contribution in [0, 0.1) is 4.84 Å². The van der Waals surface area contributed by atoms with E-state index in [1.165, 1.54) is 0 Å². The number of aryl methyl sites for hydroxylation is 1. The van der Waals surface area contributed by atoms with E-state index in [0.29, 0.717) is 25.5 Å². The Labute approximate surface area is 168 Å². The van der Waals surface area contributed by atoms with E-state index in [4.69, 9.17) is 21.1 Å². The first-order valence-corrected chi connectivity index (χ1v) is 11.6. The minimum absolute atomic E-state index is 0.0823. The van der Waals surface area contributed by atoms with Crippen LogP contribution < -0.4 is 0 Å². The minimum Gasteiger partial charge on any atom is -0.461 e. The van der Waals surface area contributed by atoms with Crippen molar-refractivity contribution in [1.82, 2.24) is 14.7 Å². The molecule has 1 aliphatic rings. The number of sulfone groups is 1. The zero-order valence-corrected chi connectivity index (χ0v) is 17.6. The summed E-state index contributed by atoms with van der Waals surface area (Å²) in [4.78, 5) is 2.35. The number of nitrogens with zero attached hydrogens (tertiary/aromatic N) is 3. The van der Waals surface area contributed by atoms with E-state index in [1.54, 1.807) is 4.68 Å². The zero-order valence-electron chi connectivity index (χ0n) is 15.9. The molecule has 150 valence electrons. The number of aromatic nitrogens is 2. The first-order valence-electron chi connectivity index (χ1n) is 9.32. The second-order valence-electron chi connectivity index (χ2n) is 7.31. The monoisotopic (exact) mass is 421 g/mol. The van der Waals surface area contributed by atoms with E-state index in [1.807, 2.05) is 25.2 Å². The highest BCUT2D eigenvalue weighted by atomic mass is 32.2. The maximum absolute atomic E-state index is 11.7. The maximum atomic E-state index is 11.7. The van der Waals surface area contributed by atoms with Gasteiger partial charge in [0.1, 0.15) is 11.3 Å². The molecule has 1 saturated heterocycles. The lowest BCUT2D eigenvalue weighted by Gasteiger charge is -2.16. The largest absolute Gasteiger partial charge is 0.461 e. The Bertz CT molecular complexity index is 1160. The van der Waals surface area contributed by atoms with Crippen LogP contribution >= 0.6 is 12.2 Å². The van der Waals surface area contributed by atoms with E-state index in [2.05, 4.69) is 23.0 Å². The molecule has 0 aliphatic carbocycles. The second kappa shape index (κ2) is 7.46. The molecule has 9 heteroatoms. The van der Waals surface area contributed by atoms with Crippen molar-refractivity contribution >= 4 is 33.0 Å². The van der Waals surface area contributed by atoms with Crippen molar-refractivity contribution in [3.63, 3.8) is 0 Å². The summed E-state index contributed by atoms with van der Waals surface area (Å²) in [6, 6.07) is 8.03. The van der Waals surface area contributed by atoms with Gasteiger partial charge in [-0.2, -0.15) is 0 Å². The van der Waals surface area contributed by atoms with E-state index in [9.17, 15) is 8.42 Å². The van der Waals surface area contributed by atoms with Gasteiger partial charge in [0.05, 0.1) is 24.1 Å². The molecule has 0 spiro atoms. The third-order valence-corrected chi connectivity index (χ3v) is 7.17. The van der Waals surface area contributed by atoms with Gasteiger partial charge in [0.15, 0.2) is 9.84 Å². The maximum Gasteiger partial charge on any atom is 0.288 e. The Balaban J connectivity index is 1.52. The van der Waals surface area contributed by atoms with Gasteiger partial charge >= 0.3 is 0 Å². The van der Waals surface area contributed by atoms with Crippen molar-refractivity contribution in [1.29, 1.82) is 0 Å². The third kappa shape index (κ3) is 3.78. The van der Waals surface area contributed by atoms with Gasteiger partial charge in [0, 0.05) is 23.9 Å². The van der Waals surface area contributed by atoms with Gasteiger partial charge < -0.3 is 8.83 Å². The fourth-order valence-corrected chi connectivity index (χ4v) is 5.64. The van der Waals surface area contributed by atoms with Gasteiger partial charge in [-0.15, -0.1) is 5.10 Å². The van der Waals surface area contributed by atoms with Crippen LogP contribution in [0.2, 0.25) is 0 Å². The molecule has 0 radical (unpaired) electrons. The normalized spacial score (nSPS) is 19.0. The lowest BCUT2D eigenvalue weighted by Crippen LogP contribution is -2.23. The number of fused-ring (bicyclic) bond motifs is 1. The van der Waals surface area contributed by atoms with Crippen LogP contribution in [0.4, 0.5) is 0 Å². The number of hydrogen-bond donors (Lipinski definition) is 0. The van der Waals surface area contributed by atoms with Crippen LogP contribution in [0.1, 0.15) is 36.5 Å². The fourth-order valence-electron chi connectivity index (χ4n) is 3.72. The van der Waals surface area contributed by atoms with Crippen molar-refractivity contribution < 1.29 is 17.3 Å². The number of rotatable bonds is 6. The fraction of sp³-hybridized carbons (Fsp3) is 0.474. The van der Waals surface area contributed by atoms with Crippen molar-refractivity contribution in [2.24, 2.45) is 0 Å². The molecule has 3 aromatic rings. The molecule has 1 aromatic carbocycles. The Morgan fingerprint density at radius 1 is 1.32 bits per heavy atom. The Hall–Kier alpha value is -1.97. The summed E-state index contributed by atoms with van der Waals surface area (Å²) in [5, 5.41) is 5.57. The summed E-state index contributed by atoms with van der Waals surface area (Å²) in [5.74, 6) is 1.46. The predicted molar refractivity (Wildman–Crippen MR) is 108 cm³/mol. The number of hydrogen-bond acceptors (Lipinski definition) is 7. The van der Waals surface area contributed by atoms with E-state index >= 15 is 0 Å². The Kier molecular flexibility index (Phi) is 5.15. The molecule has 2 aromatic heterocycles. The first kappa shape index (κ1) is 19.4. The SMILES string of the molecule is CCc1oc2ccccc2c1CN(C)Cn1nc([C@@H]2CCS(=O)(=O)C2)oc1=S. The summed E-state index contributed by atoms with van der Waals surface area (Å²) in [5.41, 5.74) is 2.06. The van der Waals surface area contributed by atoms with Crippen molar-refractivity contribution in [2.75, 3.05) is 18.6 Å². The van der Waals surface area contributed by atoms with Gasteiger partial charge in [-0.05, 0) is 31.8 Å². The van der Waals surface area contributed by atoms with Crippen molar-refractivity contribution in [3.05, 3.63) is 46.3 Å². The van der Waals surface area contributed by atoms with E-state index in [-0.39, 0.29) is 22.3 Å². The molecule has 0 bridgehead atoms. The van der Waals surface area contributed by atoms with Gasteiger partial charge in [0.2, 0.25) is 5.89 Å². The molecule has 28 heavy (non-hydrogen) atoms. The molecule has 0 saturated carbocycles. The second-order valence-corrected chi connectivity index (χ2v) is 9.89. The summed E-state index contributed by atoms with van der Waals surface area (Å²) in [6.45, 7) is 3.21. The molecule has 0 unspecified atom stereocenters. The molecule has 1 fully saturated rings. The molecular formula is C19H23N3O4S2. The molecule has 0 amide bonds. The van der Waals surface area contributed by atoms with Crippen LogP contribution in [0.15, 0.2) is 33.1 Å². The lowest BCUT2D eigenvalue weighted by molar-refractivity contribution is 0.239. The van der Waals surface area contributed by atoms with Crippen LogP contribution in [-0.2, 0) is 29.5 Å². The summed E-state index contributed by atoms with van der Waals surface area (Å²) >= 11 is 5.30. The van der Waals surface area contributed by atoms with Crippen LogP contribution in [0.3, 0.4) is 0 Å². The average Bonchev–Trinajstić information content (AvgIpc) is 3.31. The van der Waals surface area contributed by atoms with Gasteiger partial charge in [0.25, 0.3) is 4.84 Å². The summed E-state index contributed by atoms with van der Waals surface area (Å²) in [7, 11) is -1.01. The third-order valence-electron chi connectivity index (χ3n) is 5.11. The molecule has 3 heterocycles. The molecule has 1 aliphatic heterocycles. The van der Waals surface area contributed by atoms with Gasteiger partial charge in [-0.1, -0.05) is 25.1 Å². The highest BCUT2D eigenvalue weighted by molar-refractivity contribution is 7.91. The highest BCUT2D eigenvalue weighted by Crippen LogP contribution is 2.29. The Morgan fingerprint density at radius 2 is 2.11 bits per heavy atom. The molecule has 1 atom stereocenters. The Morgan fingerprint density at radius 3 is 2.82 bits per heavy atom. The number of benzene rings is 1. The van der Waals surface area contributed by atoms with Gasteiger partial charge in [-0.25, -0.2) is 13.1 Å². The van der Waals surface area contributed by atoms with E-state index in [0.717, 1.165) is 28.7 Å². The van der Waals surface area contributed by atoms with Crippen LogP contribution in [-0.4, -0.2) is 41.7 Å². The number of para-hydroxylation sites is 1. The van der Waals surface area contributed by atoms with Crippen LogP contribution in [0.25, 0.3) is 11.0 Å². The van der Waals surface area contributed by atoms with Crippen LogP contribution in [0.5, 0.6) is 0 Å². The van der Waals surface area contributed by atoms with Crippen molar-refractivity contribution in [2.45, 2.75) is 38.9 Å². The standard InChI is InChI=1S/C19H23N3O4S2/c1-3-16-15(14-6-4-5-7-17(14)25-16)10-21(2)12-22-19(27)26-18(20-22)13-8-9-28(23,24)11-13/h4-7,13H,3,8-12H2,1-2H3/t13-/m1/s1. The highest BCUT2D eigenvalue weighted by Gasteiger charge is 2.32. The number of furan rings is 1. The summed E-state index contributed by atoms with van der Waals surface area (Å²) < 4.78 is 36.6. The van der Waals surface area contributed by atoms with Gasteiger partial charge in [-0.3, -0.25) is 4.90 Å².